The van der Waals surface area contributed by atoms with Crippen LogP contribution in [-0.4, -0.2) is 21.9 Å². The summed E-state index contributed by atoms with van der Waals surface area (Å²) >= 11 is 0. The molecule has 5 nitrogen and oxygen atoms in total. The van der Waals surface area contributed by atoms with Crippen molar-refractivity contribution in [2.75, 3.05) is 0 Å². The second-order valence-electron chi connectivity index (χ2n) is 3.79. The SMILES string of the molecule is O=c1[nH]nc(C=Cc2ccc(OC(F)F)cc2)cc1O. The molecule has 0 amide bonds. The molecule has 2 N–H and O–H groups in total. The van der Waals surface area contributed by atoms with Crippen molar-refractivity contribution < 1.29 is 18.6 Å². The summed E-state index contributed by atoms with van der Waals surface area (Å²) in [6.07, 6.45) is 3.20. The molecule has 2 aromatic rings. The minimum atomic E-state index is -2.86. The molecule has 1 aromatic heterocycles. The molecule has 0 unspecified atom stereocenters. The van der Waals surface area contributed by atoms with Crippen LogP contribution in [0.25, 0.3) is 12.2 Å². The number of nitrogens with zero attached hydrogens (tertiary/aromatic N) is 1. The van der Waals surface area contributed by atoms with Crippen molar-refractivity contribution in [3.8, 4) is 11.5 Å². The summed E-state index contributed by atoms with van der Waals surface area (Å²) in [6, 6.07) is 7.19. The first-order valence-corrected chi connectivity index (χ1v) is 5.56. The van der Waals surface area contributed by atoms with E-state index in [2.05, 4.69) is 14.9 Å². The summed E-state index contributed by atoms with van der Waals surface area (Å²) in [4.78, 5) is 10.9. The molecule has 1 heterocycles. The third kappa shape index (κ3) is 3.64. The molecule has 20 heavy (non-hydrogen) atoms. The summed E-state index contributed by atoms with van der Waals surface area (Å²) in [5.74, 6) is -0.364. The van der Waals surface area contributed by atoms with Gasteiger partial charge in [0.05, 0.1) is 5.69 Å². The molecule has 2 rings (SSSR count). The summed E-state index contributed by atoms with van der Waals surface area (Å²) in [6.45, 7) is -2.86. The van der Waals surface area contributed by atoms with Gasteiger partial charge in [-0.25, -0.2) is 5.10 Å². The van der Waals surface area contributed by atoms with Crippen molar-refractivity contribution in [2.45, 2.75) is 6.61 Å². The van der Waals surface area contributed by atoms with Gasteiger partial charge in [-0.15, -0.1) is 0 Å². The monoisotopic (exact) mass is 280 g/mol. The molecular weight excluding hydrogens is 270 g/mol. The van der Waals surface area contributed by atoms with Crippen LogP contribution >= 0.6 is 0 Å². The first-order valence-electron chi connectivity index (χ1n) is 5.56. The Hall–Kier alpha value is -2.70. The topological polar surface area (TPSA) is 75.2 Å². The lowest BCUT2D eigenvalue weighted by Crippen LogP contribution is -2.07. The first-order chi connectivity index (χ1) is 9.54. The zero-order valence-corrected chi connectivity index (χ0v) is 10.1. The Morgan fingerprint density at radius 3 is 2.55 bits per heavy atom. The number of hydrogen-bond acceptors (Lipinski definition) is 4. The molecule has 0 fully saturated rings. The zero-order valence-electron chi connectivity index (χ0n) is 10.1. The van der Waals surface area contributed by atoms with E-state index in [9.17, 15) is 18.7 Å². The van der Waals surface area contributed by atoms with Crippen molar-refractivity contribution in [1.29, 1.82) is 0 Å². The lowest BCUT2D eigenvalue weighted by Gasteiger charge is -2.03. The number of nitrogens with one attached hydrogen (secondary N) is 1. The van der Waals surface area contributed by atoms with E-state index in [4.69, 9.17) is 0 Å². The molecule has 1 aromatic carbocycles. The van der Waals surface area contributed by atoms with Crippen LogP contribution in [0, 0.1) is 0 Å². The van der Waals surface area contributed by atoms with Crippen LogP contribution < -0.4 is 10.3 Å². The summed E-state index contributed by atoms with van der Waals surface area (Å²) < 4.78 is 28.1. The van der Waals surface area contributed by atoms with Crippen molar-refractivity contribution in [2.24, 2.45) is 0 Å². The number of benzene rings is 1. The van der Waals surface area contributed by atoms with Gasteiger partial charge in [0, 0.05) is 6.07 Å². The Balaban J connectivity index is 2.10. The Morgan fingerprint density at radius 2 is 1.95 bits per heavy atom. The second-order valence-corrected chi connectivity index (χ2v) is 3.79. The van der Waals surface area contributed by atoms with Gasteiger partial charge >= 0.3 is 12.2 Å². The van der Waals surface area contributed by atoms with Gasteiger partial charge < -0.3 is 9.84 Å². The van der Waals surface area contributed by atoms with Gasteiger partial charge in [0.1, 0.15) is 5.75 Å². The molecule has 0 saturated carbocycles. The number of H-pyrrole nitrogens is 1. The lowest BCUT2D eigenvalue weighted by atomic mass is 10.2. The predicted octanol–water partition coefficient (Wildman–Crippen LogP) is 2.25. The highest BCUT2D eigenvalue weighted by Crippen LogP contribution is 2.16. The van der Waals surface area contributed by atoms with Crippen LogP contribution in [0.3, 0.4) is 0 Å². The molecule has 7 heteroatoms. The van der Waals surface area contributed by atoms with Crippen LogP contribution in [0.15, 0.2) is 35.1 Å². The smallest absolute Gasteiger partial charge is 0.387 e. The molecule has 0 radical (unpaired) electrons. The molecule has 104 valence electrons. The van der Waals surface area contributed by atoms with Gasteiger partial charge in [0.2, 0.25) is 0 Å². The first kappa shape index (κ1) is 13.7. The minimum Gasteiger partial charge on any atom is -0.503 e. The summed E-state index contributed by atoms with van der Waals surface area (Å²) in [5.41, 5.74) is 0.407. The maximum absolute atomic E-state index is 12.0. The predicted molar refractivity (Wildman–Crippen MR) is 68.5 cm³/mol. The van der Waals surface area contributed by atoms with Crippen molar-refractivity contribution in [1.82, 2.24) is 10.2 Å². The minimum absolute atomic E-state index is 0.0666. The quantitative estimate of drug-likeness (QED) is 0.900. The van der Waals surface area contributed by atoms with Gasteiger partial charge in [-0.2, -0.15) is 13.9 Å². The van der Waals surface area contributed by atoms with Crippen molar-refractivity contribution in [3.63, 3.8) is 0 Å². The van der Waals surface area contributed by atoms with Crippen LogP contribution in [0.5, 0.6) is 11.5 Å². The Morgan fingerprint density at radius 1 is 1.25 bits per heavy atom. The van der Waals surface area contributed by atoms with Crippen molar-refractivity contribution in [3.05, 3.63) is 51.9 Å². The van der Waals surface area contributed by atoms with E-state index in [0.717, 1.165) is 5.56 Å². The van der Waals surface area contributed by atoms with Gasteiger partial charge in [0.15, 0.2) is 5.75 Å². The van der Waals surface area contributed by atoms with Crippen LogP contribution in [0.4, 0.5) is 8.78 Å². The highest BCUT2D eigenvalue weighted by molar-refractivity contribution is 5.68. The molecule has 0 bridgehead atoms. The highest BCUT2D eigenvalue weighted by Gasteiger charge is 2.03. The highest BCUT2D eigenvalue weighted by atomic mass is 19.3. The Labute approximate surface area is 112 Å². The maximum Gasteiger partial charge on any atom is 0.387 e. The third-order valence-electron chi connectivity index (χ3n) is 2.36. The number of alkyl halides is 2. The lowest BCUT2D eigenvalue weighted by molar-refractivity contribution is -0.0498. The van der Waals surface area contributed by atoms with E-state index < -0.39 is 17.9 Å². The third-order valence-corrected chi connectivity index (χ3v) is 2.36. The number of halogens is 2. The maximum atomic E-state index is 12.0. The molecule has 0 aliphatic rings. The van der Waals surface area contributed by atoms with E-state index in [1.165, 1.54) is 18.2 Å². The average molecular weight is 280 g/mol. The zero-order chi connectivity index (χ0) is 14.5. The number of rotatable bonds is 4. The number of ether oxygens (including phenoxy) is 1. The molecular formula is C13H10F2N2O3. The summed E-state index contributed by atoms with van der Waals surface area (Å²) in [7, 11) is 0. The normalized spacial score (nSPS) is 11.2. The van der Waals surface area contributed by atoms with Crippen molar-refractivity contribution >= 4 is 12.2 Å². The molecule has 0 spiro atoms. The van der Waals surface area contributed by atoms with Gasteiger partial charge in [-0.05, 0) is 23.8 Å². The fourth-order valence-corrected chi connectivity index (χ4v) is 1.44. The largest absolute Gasteiger partial charge is 0.503 e. The average Bonchev–Trinajstić information content (AvgIpc) is 2.41. The molecule has 0 aliphatic heterocycles. The number of hydrogen-bond donors (Lipinski definition) is 2. The van der Waals surface area contributed by atoms with E-state index in [1.54, 1.807) is 24.3 Å². The fourth-order valence-electron chi connectivity index (χ4n) is 1.44. The van der Waals surface area contributed by atoms with Gasteiger partial charge in [-0.3, -0.25) is 4.79 Å². The van der Waals surface area contributed by atoms with Crippen LogP contribution in [0.2, 0.25) is 0 Å². The standard InChI is InChI=1S/C13H10F2N2O3/c14-13(15)20-10-5-2-8(3-6-10)1-4-9-7-11(18)12(19)17-16-9/h1-7,13H,(H,16,18)(H,17,19). The second kappa shape index (κ2) is 5.96. The fraction of sp³-hybridized carbons (Fsp3) is 0.0769. The van der Waals surface area contributed by atoms with Gasteiger partial charge in [0.25, 0.3) is 0 Å². The summed E-state index contributed by atoms with van der Waals surface area (Å²) in [5, 5.41) is 15.0. The number of aromatic hydroxyl groups is 1. The van der Waals surface area contributed by atoms with E-state index in [0.29, 0.717) is 5.69 Å². The van der Waals surface area contributed by atoms with Crippen LogP contribution in [-0.2, 0) is 0 Å². The number of aromatic amines is 1. The van der Waals surface area contributed by atoms with Crippen LogP contribution in [0.1, 0.15) is 11.3 Å². The number of aromatic nitrogens is 2. The van der Waals surface area contributed by atoms with E-state index in [-0.39, 0.29) is 5.75 Å². The van der Waals surface area contributed by atoms with E-state index in [1.807, 2.05) is 0 Å². The van der Waals surface area contributed by atoms with E-state index >= 15 is 0 Å². The molecule has 0 atom stereocenters. The molecule has 0 saturated heterocycles. The van der Waals surface area contributed by atoms with Gasteiger partial charge in [-0.1, -0.05) is 18.2 Å². The molecule has 0 aliphatic carbocycles. The Kier molecular flexibility index (Phi) is 4.09. The Bertz CT molecular complexity index is 666.